The third-order valence-corrected chi connectivity index (χ3v) is 3.11. The maximum Gasteiger partial charge on any atom is 0.241 e. The summed E-state index contributed by atoms with van der Waals surface area (Å²) >= 11 is 0. The van der Waals surface area contributed by atoms with Crippen LogP contribution in [0.2, 0.25) is 0 Å². The lowest BCUT2D eigenvalue weighted by Gasteiger charge is -2.34. The van der Waals surface area contributed by atoms with Crippen LogP contribution in [-0.2, 0) is 9.59 Å². The van der Waals surface area contributed by atoms with Gasteiger partial charge in [0.05, 0.1) is 0 Å². The number of carbonyl (C=O) groups excluding carboxylic acids is 2. The average molecular weight is 227 g/mol. The summed E-state index contributed by atoms with van der Waals surface area (Å²) in [5, 5.41) is 3.07. The van der Waals surface area contributed by atoms with Crippen molar-refractivity contribution in [2.75, 3.05) is 19.6 Å². The summed E-state index contributed by atoms with van der Waals surface area (Å²) in [7, 11) is 0. The van der Waals surface area contributed by atoms with Crippen LogP contribution in [0.5, 0.6) is 0 Å². The molecule has 16 heavy (non-hydrogen) atoms. The molecule has 1 aliphatic heterocycles. The summed E-state index contributed by atoms with van der Waals surface area (Å²) in [6.07, 6.45) is 1.47. The molecule has 0 radical (unpaired) electrons. The van der Waals surface area contributed by atoms with Gasteiger partial charge in [0.15, 0.2) is 0 Å². The molecule has 2 unspecified atom stereocenters. The zero-order valence-corrected chi connectivity index (χ0v) is 10.0. The predicted molar refractivity (Wildman–Crippen MR) is 61.6 cm³/mol. The van der Waals surface area contributed by atoms with Crippen LogP contribution < -0.4 is 11.1 Å². The lowest BCUT2D eigenvalue weighted by Crippen LogP contribution is -2.58. The molecule has 1 heterocycles. The molecule has 0 spiro atoms. The van der Waals surface area contributed by atoms with E-state index in [0.29, 0.717) is 25.4 Å². The SMILES string of the molecule is CCC(C)CC(=O)N1CCNCC1C(N)=O. The second-order valence-corrected chi connectivity index (χ2v) is 4.43. The van der Waals surface area contributed by atoms with Gasteiger partial charge in [0, 0.05) is 26.1 Å². The van der Waals surface area contributed by atoms with Crippen molar-refractivity contribution in [3.8, 4) is 0 Å². The number of carbonyl (C=O) groups is 2. The van der Waals surface area contributed by atoms with Gasteiger partial charge in [0.2, 0.25) is 11.8 Å². The van der Waals surface area contributed by atoms with Crippen LogP contribution in [0.15, 0.2) is 0 Å². The molecule has 5 heteroatoms. The summed E-state index contributed by atoms with van der Waals surface area (Å²) in [6.45, 7) is 5.88. The quantitative estimate of drug-likeness (QED) is 0.693. The third kappa shape index (κ3) is 3.20. The summed E-state index contributed by atoms with van der Waals surface area (Å²) in [5.74, 6) is -0.0275. The standard InChI is InChI=1S/C11H21N3O2/c1-3-8(2)6-10(15)14-5-4-13-7-9(14)11(12)16/h8-9,13H,3-7H2,1-2H3,(H2,12,16). The van der Waals surface area contributed by atoms with Crippen molar-refractivity contribution >= 4 is 11.8 Å². The Hall–Kier alpha value is -1.10. The summed E-state index contributed by atoms with van der Waals surface area (Å²) < 4.78 is 0. The Labute approximate surface area is 96.4 Å². The fraction of sp³-hybridized carbons (Fsp3) is 0.818. The van der Waals surface area contributed by atoms with E-state index in [1.54, 1.807) is 4.90 Å². The van der Waals surface area contributed by atoms with Crippen molar-refractivity contribution in [1.82, 2.24) is 10.2 Å². The number of piperazine rings is 1. The zero-order valence-electron chi connectivity index (χ0n) is 10.0. The highest BCUT2D eigenvalue weighted by Gasteiger charge is 2.30. The fourth-order valence-corrected chi connectivity index (χ4v) is 1.82. The molecule has 1 fully saturated rings. The third-order valence-electron chi connectivity index (χ3n) is 3.11. The smallest absolute Gasteiger partial charge is 0.241 e. The molecule has 1 aliphatic rings. The topological polar surface area (TPSA) is 75.4 Å². The highest BCUT2D eigenvalue weighted by molar-refractivity contribution is 5.87. The highest BCUT2D eigenvalue weighted by atomic mass is 16.2. The Morgan fingerprint density at radius 2 is 2.25 bits per heavy atom. The van der Waals surface area contributed by atoms with Gasteiger partial charge in [-0.15, -0.1) is 0 Å². The van der Waals surface area contributed by atoms with E-state index in [0.717, 1.165) is 13.0 Å². The largest absolute Gasteiger partial charge is 0.368 e. The molecule has 0 aliphatic carbocycles. The summed E-state index contributed by atoms with van der Waals surface area (Å²) in [5.41, 5.74) is 5.29. The van der Waals surface area contributed by atoms with E-state index in [-0.39, 0.29) is 5.91 Å². The molecule has 92 valence electrons. The monoisotopic (exact) mass is 227 g/mol. The molecule has 1 rings (SSSR count). The van der Waals surface area contributed by atoms with Crippen molar-refractivity contribution in [2.45, 2.75) is 32.7 Å². The van der Waals surface area contributed by atoms with Crippen LogP contribution in [-0.4, -0.2) is 42.4 Å². The molecule has 5 nitrogen and oxygen atoms in total. The first kappa shape index (κ1) is 13.0. The van der Waals surface area contributed by atoms with Gasteiger partial charge in [-0.05, 0) is 5.92 Å². The van der Waals surface area contributed by atoms with E-state index in [4.69, 9.17) is 5.73 Å². The minimum atomic E-state index is -0.481. The van der Waals surface area contributed by atoms with Gasteiger partial charge in [-0.2, -0.15) is 0 Å². The lowest BCUT2D eigenvalue weighted by atomic mass is 10.0. The van der Waals surface area contributed by atoms with Crippen molar-refractivity contribution in [2.24, 2.45) is 11.7 Å². The second kappa shape index (κ2) is 5.84. The van der Waals surface area contributed by atoms with Gasteiger partial charge in [-0.3, -0.25) is 9.59 Å². The first-order chi connectivity index (χ1) is 7.56. The van der Waals surface area contributed by atoms with Gasteiger partial charge in [-0.25, -0.2) is 0 Å². The van der Waals surface area contributed by atoms with Crippen molar-refractivity contribution in [3.05, 3.63) is 0 Å². The number of rotatable bonds is 4. The Balaban J connectivity index is 2.60. The van der Waals surface area contributed by atoms with Gasteiger partial charge in [0.1, 0.15) is 6.04 Å². The number of nitrogens with one attached hydrogen (secondary N) is 1. The van der Waals surface area contributed by atoms with E-state index in [1.165, 1.54) is 0 Å². The number of nitrogens with zero attached hydrogens (tertiary/aromatic N) is 1. The number of hydrogen-bond acceptors (Lipinski definition) is 3. The molecule has 0 aromatic heterocycles. The fourth-order valence-electron chi connectivity index (χ4n) is 1.82. The van der Waals surface area contributed by atoms with E-state index in [2.05, 4.69) is 12.2 Å². The molecule has 3 N–H and O–H groups in total. The van der Waals surface area contributed by atoms with Crippen LogP contribution in [0, 0.1) is 5.92 Å². The predicted octanol–water partition coefficient (Wildman–Crippen LogP) is -0.292. The number of nitrogens with two attached hydrogens (primary N) is 1. The van der Waals surface area contributed by atoms with Crippen LogP contribution in [0.3, 0.4) is 0 Å². The van der Waals surface area contributed by atoms with Gasteiger partial charge in [-0.1, -0.05) is 20.3 Å². The van der Waals surface area contributed by atoms with E-state index in [9.17, 15) is 9.59 Å². The number of primary amides is 1. The zero-order chi connectivity index (χ0) is 12.1. The molecule has 2 amide bonds. The van der Waals surface area contributed by atoms with Crippen LogP contribution in [0.1, 0.15) is 26.7 Å². The Morgan fingerprint density at radius 1 is 1.56 bits per heavy atom. The molecular formula is C11H21N3O2. The van der Waals surface area contributed by atoms with Gasteiger partial charge < -0.3 is 16.0 Å². The lowest BCUT2D eigenvalue weighted by molar-refractivity contribution is -0.141. The van der Waals surface area contributed by atoms with Crippen LogP contribution >= 0.6 is 0 Å². The molecule has 0 aromatic carbocycles. The second-order valence-electron chi connectivity index (χ2n) is 4.43. The van der Waals surface area contributed by atoms with E-state index in [1.807, 2.05) is 6.92 Å². The number of amides is 2. The highest BCUT2D eigenvalue weighted by Crippen LogP contribution is 2.12. The first-order valence-corrected chi connectivity index (χ1v) is 5.85. The molecule has 1 saturated heterocycles. The Morgan fingerprint density at radius 3 is 2.81 bits per heavy atom. The molecular weight excluding hydrogens is 206 g/mol. The molecule has 0 aromatic rings. The summed E-state index contributed by atoms with van der Waals surface area (Å²) in [6, 6.07) is -0.481. The van der Waals surface area contributed by atoms with Crippen LogP contribution in [0.25, 0.3) is 0 Å². The Kier molecular flexibility index (Phi) is 4.73. The first-order valence-electron chi connectivity index (χ1n) is 5.85. The van der Waals surface area contributed by atoms with Crippen molar-refractivity contribution in [3.63, 3.8) is 0 Å². The maximum absolute atomic E-state index is 12.0. The maximum atomic E-state index is 12.0. The average Bonchev–Trinajstić information content (AvgIpc) is 2.28. The van der Waals surface area contributed by atoms with Gasteiger partial charge >= 0.3 is 0 Å². The normalized spacial score (nSPS) is 22.9. The van der Waals surface area contributed by atoms with Crippen LogP contribution in [0.4, 0.5) is 0 Å². The summed E-state index contributed by atoms with van der Waals surface area (Å²) in [4.78, 5) is 24.8. The minimum Gasteiger partial charge on any atom is -0.368 e. The molecule has 0 bridgehead atoms. The van der Waals surface area contributed by atoms with Gasteiger partial charge in [0.25, 0.3) is 0 Å². The molecule has 0 saturated carbocycles. The van der Waals surface area contributed by atoms with E-state index >= 15 is 0 Å². The minimum absolute atomic E-state index is 0.0413. The number of hydrogen-bond donors (Lipinski definition) is 2. The van der Waals surface area contributed by atoms with E-state index < -0.39 is 11.9 Å². The van der Waals surface area contributed by atoms with Crippen molar-refractivity contribution in [1.29, 1.82) is 0 Å². The molecule has 2 atom stereocenters. The van der Waals surface area contributed by atoms with Crippen molar-refractivity contribution < 1.29 is 9.59 Å². The Bertz CT molecular complexity index is 268.